The van der Waals surface area contributed by atoms with Gasteiger partial charge in [0, 0.05) is 25.7 Å². The van der Waals surface area contributed by atoms with Crippen LogP contribution in [0.4, 0.5) is 19.0 Å². The van der Waals surface area contributed by atoms with Crippen molar-refractivity contribution in [3.63, 3.8) is 0 Å². The lowest BCUT2D eigenvalue weighted by Gasteiger charge is -2.22. The molecule has 0 aliphatic rings. The first-order valence-corrected chi connectivity index (χ1v) is 5.30. The Balaban J connectivity index is 2.76. The lowest BCUT2D eigenvalue weighted by atomic mass is 10.1. The van der Waals surface area contributed by atoms with Crippen LogP contribution in [0.3, 0.4) is 0 Å². The van der Waals surface area contributed by atoms with Crippen molar-refractivity contribution in [3.05, 3.63) is 23.9 Å². The van der Waals surface area contributed by atoms with Gasteiger partial charge in [0.1, 0.15) is 5.82 Å². The van der Waals surface area contributed by atoms with E-state index in [9.17, 15) is 13.2 Å². The van der Waals surface area contributed by atoms with Crippen molar-refractivity contribution in [2.24, 2.45) is 11.7 Å². The van der Waals surface area contributed by atoms with E-state index in [0.717, 1.165) is 12.3 Å². The molecule has 0 aliphatic carbocycles. The van der Waals surface area contributed by atoms with E-state index in [4.69, 9.17) is 11.1 Å². The van der Waals surface area contributed by atoms with Crippen LogP contribution in [0.2, 0.25) is 0 Å². The molecule has 0 radical (unpaired) electrons. The minimum atomic E-state index is -4.38. The first kappa shape index (κ1) is 14.3. The molecule has 0 fully saturated rings. The van der Waals surface area contributed by atoms with E-state index in [-0.39, 0.29) is 11.8 Å². The van der Waals surface area contributed by atoms with Crippen LogP contribution in [0.25, 0.3) is 0 Å². The summed E-state index contributed by atoms with van der Waals surface area (Å²) in [5, 5.41) is 7.25. The van der Waals surface area contributed by atoms with E-state index in [1.165, 1.54) is 6.07 Å². The number of amidine groups is 1. The third-order valence-electron chi connectivity index (χ3n) is 2.54. The van der Waals surface area contributed by atoms with Gasteiger partial charge in [0.25, 0.3) is 0 Å². The summed E-state index contributed by atoms with van der Waals surface area (Å²) >= 11 is 0. The van der Waals surface area contributed by atoms with Gasteiger partial charge in [-0.1, -0.05) is 6.92 Å². The minimum absolute atomic E-state index is 0.0359. The molecule has 0 spiro atoms. The number of aromatic nitrogens is 1. The highest BCUT2D eigenvalue weighted by Crippen LogP contribution is 2.29. The van der Waals surface area contributed by atoms with E-state index >= 15 is 0 Å². The van der Waals surface area contributed by atoms with E-state index < -0.39 is 11.7 Å². The number of nitrogens with two attached hydrogens (primary N) is 1. The van der Waals surface area contributed by atoms with Crippen molar-refractivity contribution in [1.29, 1.82) is 5.41 Å². The molecule has 1 aromatic heterocycles. The SMILES string of the molecule is CC(CN(C)c1ccc(C(F)(F)F)cn1)C(=N)N. The number of hydrogen-bond acceptors (Lipinski definition) is 3. The van der Waals surface area contributed by atoms with Gasteiger partial charge in [0.2, 0.25) is 0 Å². The molecule has 100 valence electrons. The zero-order valence-electron chi connectivity index (χ0n) is 10.1. The highest BCUT2D eigenvalue weighted by molar-refractivity contribution is 5.79. The van der Waals surface area contributed by atoms with E-state index in [0.29, 0.717) is 12.4 Å². The molecule has 0 saturated heterocycles. The fraction of sp³-hybridized carbons (Fsp3) is 0.455. The van der Waals surface area contributed by atoms with Gasteiger partial charge in [0.15, 0.2) is 0 Å². The molecule has 1 heterocycles. The van der Waals surface area contributed by atoms with Crippen LogP contribution in [0, 0.1) is 11.3 Å². The van der Waals surface area contributed by atoms with Gasteiger partial charge >= 0.3 is 6.18 Å². The summed E-state index contributed by atoms with van der Waals surface area (Å²) in [6.45, 7) is 2.19. The van der Waals surface area contributed by atoms with Gasteiger partial charge in [0.05, 0.1) is 11.4 Å². The summed E-state index contributed by atoms with van der Waals surface area (Å²) in [6, 6.07) is 2.28. The predicted molar refractivity (Wildman–Crippen MR) is 63.6 cm³/mol. The second kappa shape index (κ2) is 5.24. The second-order valence-corrected chi connectivity index (χ2v) is 4.14. The van der Waals surface area contributed by atoms with Crippen LogP contribution in [0.15, 0.2) is 18.3 Å². The first-order valence-electron chi connectivity index (χ1n) is 5.30. The van der Waals surface area contributed by atoms with Gasteiger partial charge in [-0.2, -0.15) is 13.2 Å². The number of rotatable bonds is 4. The van der Waals surface area contributed by atoms with Crippen molar-refractivity contribution in [3.8, 4) is 0 Å². The predicted octanol–water partition coefficient (Wildman–Crippen LogP) is 2.11. The van der Waals surface area contributed by atoms with Gasteiger partial charge in [-0.15, -0.1) is 0 Å². The number of nitrogens with zero attached hydrogens (tertiary/aromatic N) is 2. The van der Waals surface area contributed by atoms with Gasteiger partial charge in [-0.3, -0.25) is 5.41 Å². The van der Waals surface area contributed by atoms with Crippen LogP contribution in [-0.2, 0) is 6.18 Å². The van der Waals surface area contributed by atoms with Crippen molar-refractivity contribution < 1.29 is 13.2 Å². The quantitative estimate of drug-likeness (QED) is 0.643. The van der Waals surface area contributed by atoms with Crippen LogP contribution in [0.1, 0.15) is 12.5 Å². The molecule has 0 amide bonds. The zero-order chi connectivity index (χ0) is 13.9. The summed E-state index contributed by atoms with van der Waals surface area (Å²) in [7, 11) is 1.69. The molecule has 18 heavy (non-hydrogen) atoms. The Morgan fingerprint density at radius 3 is 2.50 bits per heavy atom. The Kier molecular flexibility index (Phi) is 4.15. The molecule has 0 aliphatic heterocycles. The average molecular weight is 260 g/mol. The fourth-order valence-corrected chi connectivity index (χ4v) is 1.38. The molecule has 1 aromatic rings. The third kappa shape index (κ3) is 3.61. The normalized spacial score (nSPS) is 13.2. The first-order chi connectivity index (χ1) is 8.21. The smallest absolute Gasteiger partial charge is 0.387 e. The highest BCUT2D eigenvalue weighted by Gasteiger charge is 2.30. The number of pyridine rings is 1. The lowest BCUT2D eigenvalue weighted by molar-refractivity contribution is -0.137. The summed E-state index contributed by atoms with van der Waals surface area (Å²) in [5.74, 6) is 0.268. The summed E-state index contributed by atoms with van der Waals surface area (Å²) < 4.78 is 37.0. The Hall–Kier alpha value is -1.79. The second-order valence-electron chi connectivity index (χ2n) is 4.14. The molecule has 0 bridgehead atoms. The zero-order valence-corrected chi connectivity index (χ0v) is 10.1. The van der Waals surface area contributed by atoms with Crippen molar-refractivity contribution in [2.75, 3.05) is 18.5 Å². The number of halogens is 3. The number of hydrogen-bond donors (Lipinski definition) is 2. The Bertz CT molecular complexity index is 413. The number of nitrogens with one attached hydrogen (secondary N) is 1. The van der Waals surface area contributed by atoms with Crippen LogP contribution < -0.4 is 10.6 Å². The molecule has 3 N–H and O–H groups in total. The van der Waals surface area contributed by atoms with Crippen molar-refractivity contribution >= 4 is 11.7 Å². The topological polar surface area (TPSA) is 66.0 Å². The standard InChI is InChI=1S/C11H15F3N4/c1-7(10(15)16)6-18(2)9-4-3-8(5-17-9)11(12,13)14/h3-5,7H,6H2,1-2H3,(H3,15,16). The summed E-state index contributed by atoms with van der Waals surface area (Å²) in [4.78, 5) is 5.41. The lowest BCUT2D eigenvalue weighted by Crippen LogP contribution is -2.32. The molecule has 1 rings (SSSR count). The minimum Gasteiger partial charge on any atom is -0.387 e. The van der Waals surface area contributed by atoms with E-state index in [2.05, 4.69) is 4.98 Å². The molecular formula is C11H15F3N4. The van der Waals surface area contributed by atoms with Gasteiger partial charge in [-0.25, -0.2) is 4.98 Å². The largest absolute Gasteiger partial charge is 0.417 e. The van der Waals surface area contributed by atoms with Crippen molar-refractivity contribution in [2.45, 2.75) is 13.1 Å². The third-order valence-corrected chi connectivity index (χ3v) is 2.54. The summed E-state index contributed by atoms with van der Waals surface area (Å²) in [5.41, 5.74) is 4.55. The monoisotopic (exact) mass is 260 g/mol. The van der Waals surface area contributed by atoms with Crippen LogP contribution in [-0.4, -0.2) is 24.4 Å². The fourth-order valence-electron chi connectivity index (χ4n) is 1.38. The number of alkyl halides is 3. The van der Waals surface area contributed by atoms with E-state index in [1.54, 1.807) is 18.9 Å². The molecule has 1 unspecified atom stereocenters. The molecular weight excluding hydrogens is 245 g/mol. The maximum Gasteiger partial charge on any atom is 0.417 e. The highest BCUT2D eigenvalue weighted by atomic mass is 19.4. The molecule has 4 nitrogen and oxygen atoms in total. The van der Waals surface area contributed by atoms with Gasteiger partial charge in [-0.05, 0) is 12.1 Å². The van der Waals surface area contributed by atoms with E-state index in [1.807, 2.05) is 0 Å². The number of anilines is 1. The maximum absolute atomic E-state index is 12.3. The molecule has 7 heteroatoms. The molecule has 1 atom stereocenters. The Morgan fingerprint density at radius 1 is 1.50 bits per heavy atom. The Labute approximate surface area is 103 Å². The summed E-state index contributed by atoms with van der Waals surface area (Å²) in [6.07, 6.45) is -3.58. The Morgan fingerprint density at radius 2 is 2.11 bits per heavy atom. The van der Waals surface area contributed by atoms with Crippen LogP contribution in [0.5, 0.6) is 0 Å². The van der Waals surface area contributed by atoms with Gasteiger partial charge < -0.3 is 10.6 Å². The molecule has 0 saturated carbocycles. The van der Waals surface area contributed by atoms with Crippen LogP contribution >= 0.6 is 0 Å². The molecule has 0 aromatic carbocycles. The average Bonchev–Trinajstić information content (AvgIpc) is 2.27. The maximum atomic E-state index is 12.3. The van der Waals surface area contributed by atoms with Crippen molar-refractivity contribution in [1.82, 2.24) is 4.98 Å².